The first kappa shape index (κ1) is 31.2. The molecular formula is C26H43N3O7. The molecule has 0 fully saturated rings. The summed E-state index contributed by atoms with van der Waals surface area (Å²) in [5.41, 5.74) is -0.274. The van der Waals surface area contributed by atoms with E-state index in [1.54, 1.807) is 52.1 Å². The maximum Gasteiger partial charge on any atom is 0.404 e. The summed E-state index contributed by atoms with van der Waals surface area (Å²) in [6.07, 6.45) is -1.37. The lowest BCUT2D eigenvalue weighted by molar-refractivity contribution is -0.131. The van der Waals surface area contributed by atoms with Gasteiger partial charge in [-0.2, -0.15) is 0 Å². The number of nitrogens with one attached hydrogen (secondary N) is 3. The van der Waals surface area contributed by atoms with Crippen LogP contribution in [-0.4, -0.2) is 67.3 Å². The highest BCUT2D eigenvalue weighted by Crippen LogP contribution is 2.22. The summed E-state index contributed by atoms with van der Waals surface area (Å²) in [5, 5.41) is 27.5. The Balaban J connectivity index is 2.82. The van der Waals surface area contributed by atoms with Gasteiger partial charge in [-0.3, -0.25) is 9.59 Å². The summed E-state index contributed by atoms with van der Waals surface area (Å²) in [6.45, 7) is 10.4. The van der Waals surface area contributed by atoms with Crippen molar-refractivity contribution in [2.24, 2.45) is 17.3 Å². The van der Waals surface area contributed by atoms with Crippen LogP contribution in [0.1, 0.15) is 64.2 Å². The number of rotatable bonds is 15. The molecule has 0 aromatic heterocycles. The summed E-state index contributed by atoms with van der Waals surface area (Å²) in [7, 11) is 1.62. The zero-order valence-electron chi connectivity index (χ0n) is 22.3. The van der Waals surface area contributed by atoms with Gasteiger partial charge in [0.1, 0.15) is 12.0 Å². The molecule has 5 N–H and O–H groups in total. The van der Waals surface area contributed by atoms with Crippen molar-refractivity contribution in [3.05, 3.63) is 29.8 Å². The van der Waals surface area contributed by atoms with E-state index >= 15 is 0 Å². The zero-order chi connectivity index (χ0) is 27.3. The van der Waals surface area contributed by atoms with E-state index in [1.165, 1.54) is 0 Å². The van der Waals surface area contributed by atoms with Gasteiger partial charge < -0.3 is 35.6 Å². The van der Waals surface area contributed by atoms with Crippen molar-refractivity contribution < 1.29 is 34.1 Å². The van der Waals surface area contributed by atoms with E-state index in [2.05, 4.69) is 16.0 Å². The zero-order valence-corrected chi connectivity index (χ0v) is 22.3. The number of aliphatic hydroxyl groups is 1. The van der Waals surface area contributed by atoms with Gasteiger partial charge in [0.15, 0.2) is 0 Å². The van der Waals surface area contributed by atoms with Crippen molar-refractivity contribution in [2.75, 3.05) is 26.9 Å². The number of aliphatic hydroxyl groups excluding tert-OH is 1. The summed E-state index contributed by atoms with van der Waals surface area (Å²) in [4.78, 5) is 36.5. The van der Waals surface area contributed by atoms with Crippen LogP contribution in [0.3, 0.4) is 0 Å². The Hall–Kier alpha value is -2.85. The summed E-state index contributed by atoms with van der Waals surface area (Å²) in [5.74, 6) is -0.116. The highest BCUT2D eigenvalue weighted by molar-refractivity contribution is 5.96. The second-order valence-corrected chi connectivity index (χ2v) is 10.3. The minimum atomic E-state index is -1.22. The number of ether oxygens (including phenoxy) is 2. The van der Waals surface area contributed by atoms with E-state index in [0.717, 1.165) is 0 Å². The molecule has 1 aromatic rings. The first-order valence-corrected chi connectivity index (χ1v) is 12.3. The summed E-state index contributed by atoms with van der Waals surface area (Å²) >= 11 is 0. The second-order valence-electron chi connectivity index (χ2n) is 10.3. The van der Waals surface area contributed by atoms with Gasteiger partial charge in [0.05, 0.1) is 12.2 Å². The predicted octanol–water partition coefficient (Wildman–Crippen LogP) is 3.00. The molecule has 0 radical (unpaired) electrons. The van der Waals surface area contributed by atoms with Crippen LogP contribution in [0.4, 0.5) is 4.79 Å². The van der Waals surface area contributed by atoms with Crippen LogP contribution >= 0.6 is 0 Å². The topological polar surface area (TPSA) is 146 Å². The molecule has 0 heterocycles. The summed E-state index contributed by atoms with van der Waals surface area (Å²) in [6, 6.07) is 6.36. The first-order chi connectivity index (χ1) is 16.8. The standard InChI is InChI=1S/C26H43N3O7/c1-17(2)18(14-19(28-25(33)34)15-22(30)29-24(32)26(3,4)5)16-27-23(31)20-10-7-8-11-21(20)36-13-9-12-35-6/h7-8,10-11,17-19,22,28,30H,9,12-16H2,1-6H3,(H,27,31)(H,29,32)(H,33,34)/t18-,19+,22+/m1/s1. The number of para-hydroxylation sites is 1. The fourth-order valence-corrected chi connectivity index (χ4v) is 3.53. The SMILES string of the molecule is COCCCOc1ccccc1C(=O)NC[C@@H](C[C@@H](C[C@H](O)NC(=O)C(C)(C)C)NC(=O)O)C(C)C. The molecule has 0 spiro atoms. The van der Waals surface area contributed by atoms with Crippen LogP contribution in [0.2, 0.25) is 0 Å². The number of carboxylic acid groups (broad SMARTS) is 1. The molecule has 10 nitrogen and oxygen atoms in total. The minimum absolute atomic E-state index is 0.00341. The van der Waals surface area contributed by atoms with Crippen molar-refractivity contribution in [3.63, 3.8) is 0 Å². The molecule has 10 heteroatoms. The van der Waals surface area contributed by atoms with Crippen molar-refractivity contribution in [1.82, 2.24) is 16.0 Å². The Bertz CT molecular complexity index is 839. The fourth-order valence-electron chi connectivity index (χ4n) is 3.53. The molecule has 0 aliphatic heterocycles. The lowest BCUT2D eigenvalue weighted by Crippen LogP contribution is -2.47. The van der Waals surface area contributed by atoms with E-state index in [4.69, 9.17) is 9.47 Å². The minimum Gasteiger partial charge on any atom is -0.493 e. The Kier molecular flexibility index (Phi) is 13.3. The van der Waals surface area contributed by atoms with E-state index in [9.17, 15) is 24.6 Å². The molecule has 1 rings (SSSR count). The molecule has 0 aliphatic rings. The smallest absolute Gasteiger partial charge is 0.404 e. The highest BCUT2D eigenvalue weighted by atomic mass is 16.5. The van der Waals surface area contributed by atoms with Gasteiger partial charge in [-0.1, -0.05) is 46.8 Å². The largest absolute Gasteiger partial charge is 0.493 e. The maximum absolute atomic E-state index is 12.9. The molecule has 0 unspecified atom stereocenters. The third-order valence-corrected chi connectivity index (χ3v) is 5.75. The van der Waals surface area contributed by atoms with Gasteiger partial charge >= 0.3 is 6.09 Å². The number of benzene rings is 1. The molecule has 0 aliphatic carbocycles. The molecular weight excluding hydrogens is 466 g/mol. The number of carbonyl (C=O) groups excluding carboxylic acids is 2. The number of carbonyl (C=O) groups is 3. The molecule has 36 heavy (non-hydrogen) atoms. The van der Waals surface area contributed by atoms with Gasteiger partial charge in [-0.05, 0) is 30.4 Å². The average Bonchev–Trinajstić information content (AvgIpc) is 2.78. The van der Waals surface area contributed by atoms with Crippen LogP contribution in [0.25, 0.3) is 0 Å². The summed E-state index contributed by atoms with van der Waals surface area (Å²) < 4.78 is 10.8. The highest BCUT2D eigenvalue weighted by Gasteiger charge is 2.27. The van der Waals surface area contributed by atoms with Crippen molar-refractivity contribution in [2.45, 2.75) is 66.2 Å². The van der Waals surface area contributed by atoms with Gasteiger partial charge in [0, 0.05) is 44.6 Å². The quantitative estimate of drug-likeness (QED) is 0.180. The van der Waals surface area contributed by atoms with E-state index in [1.807, 2.05) is 13.8 Å². The Morgan fingerprint density at radius 2 is 1.69 bits per heavy atom. The number of amides is 3. The number of hydrogen-bond acceptors (Lipinski definition) is 6. The lowest BCUT2D eigenvalue weighted by Gasteiger charge is -2.29. The Morgan fingerprint density at radius 1 is 1.03 bits per heavy atom. The number of methoxy groups -OCH3 is 1. The van der Waals surface area contributed by atoms with E-state index in [0.29, 0.717) is 43.9 Å². The van der Waals surface area contributed by atoms with Crippen LogP contribution in [0.5, 0.6) is 5.75 Å². The number of hydrogen-bond donors (Lipinski definition) is 5. The molecule has 204 valence electrons. The van der Waals surface area contributed by atoms with E-state index in [-0.39, 0.29) is 30.1 Å². The molecule has 1 aromatic carbocycles. The monoisotopic (exact) mass is 509 g/mol. The van der Waals surface area contributed by atoms with Gasteiger partial charge in [-0.15, -0.1) is 0 Å². The fraction of sp³-hybridized carbons (Fsp3) is 0.654. The van der Waals surface area contributed by atoms with Crippen molar-refractivity contribution >= 4 is 17.9 Å². The molecule has 3 atom stereocenters. The molecule has 0 bridgehead atoms. The van der Waals surface area contributed by atoms with Gasteiger partial charge in [0.25, 0.3) is 5.91 Å². The molecule has 3 amide bonds. The average molecular weight is 510 g/mol. The predicted molar refractivity (Wildman–Crippen MR) is 137 cm³/mol. The maximum atomic E-state index is 12.9. The van der Waals surface area contributed by atoms with Gasteiger partial charge in [0.2, 0.25) is 5.91 Å². The third-order valence-electron chi connectivity index (χ3n) is 5.75. The second kappa shape index (κ2) is 15.3. The van der Waals surface area contributed by atoms with Gasteiger partial charge in [-0.25, -0.2) is 4.79 Å². The van der Waals surface area contributed by atoms with Crippen molar-refractivity contribution in [3.8, 4) is 5.75 Å². The van der Waals surface area contributed by atoms with Crippen LogP contribution in [0, 0.1) is 17.3 Å². The van der Waals surface area contributed by atoms with Crippen LogP contribution < -0.4 is 20.7 Å². The van der Waals surface area contributed by atoms with Crippen LogP contribution in [0.15, 0.2) is 24.3 Å². The lowest BCUT2D eigenvalue weighted by atomic mass is 9.87. The Labute approximate surface area is 214 Å². The first-order valence-electron chi connectivity index (χ1n) is 12.3. The molecule has 0 saturated heterocycles. The Morgan fingerprint density at radius 3 is 2.28 bits per heavy atom. The molecule has 0 saturated carbocycles. The third kappa shape index (κ3) is 11.7. The van der Waals surface area contributed by atoms with Crippen molar-refractivity contribution in [1.29, 1.82) is 0 Å². The normalized spacial score (nSPS) is 14.0. The van der Waals surface area contributed by atoms with E-state index < -0.39 is 23.8 Å². The van der Waals surface area contributed by atoms with Crippen LogP contribution in [-0.2, 0) is 9.53 Å².